The first-order chi connectivity index (χ1) is 7.60. The van der Waals surface area contributed by atoms with E-state index in [0.29, 0.717) is 10.6 Å². The van der Waals surface area contributed by atoms with Gasteiger partial charge in [-0.1, -0.05) is 17.7 Å². The number of hydrogen-bond acceptors (Lipinski definition) is 3. The molecule has 0 radical (unpaired) electrons. The second-order valence-electron chi connectivity index (χ2n) is 3.03. The molecule has 1 aromatic carbocycles. The molecule has 16 heavy (non-hydrogen) atoms. The molecule has 0 saturated heterocycles. The smallest absolute Gasteiger partial charge is 0.341 e. The van der Waals surface area contributed by atoms with Crippen molar-refractivity contribution in [2.24, 2.45) is 0 Å². The molecule has 0 aromatic heterocycles. The van der Waals surface area contributed by atoms with Crippen molar-refractivity contribution < 1.29 is 14.3 Å². The van der Waals surface area contributed by atoms with Gasteiger partial charge in [-0.15, -0.1) is 0 Å². The zero-order chi connectivity index (χ0) is 12.1. The molecule has 0 saturated carbocycles. The standard InChI is InChI=1S/C12H11ClO3/c1-3-10(12(15)16-2)11(14)8-4-6-9(13)7-5-8/h3-7H,1-2H3/b10-3-. The van der Waals surface area contributed by atoms with Crippen molar-refractivity contribution in [2.45, 2.75) is 6.92 Å². The SMILES string of the molecule is C/C=C(\C(=O)OC)C(=O)c1ccc(Cl)cc1. The Bertz CT molecular complexity index is 432. The molecule has 0 unspecified atom stereocenters. The lowest BCUT2D eigenvalue weighted by Gasteiger charge is -2.03. The number of halogens is 1. The first-order valence-electron chi connectivity index (χ1n) is 4.65. The number of ketones is 1. The summed E-state index contributed by atoms with van der Waals surface area (Å²) in [5, 5.41) is 0.539. The van der Waals surface area contributed by atoms with Crippen LogP contribution in [0.25, 0.3) is 0 Å². The fraction of sp³-hybridized carbons (Fsp3) is 0.167. The van der Waals surface area contributed by atoms with E-state index < -0.39 is 5.97 Å². The van der Waals surface area contributed by atoms with Crippen molar-refractivity contribution >= 4 is 23.4 Å². The van der Waals surface area contributed by atoms with E-state index >= 15 is 0 Å². The Hall–Kier alpha value is -1.61. The first-order valence-corrected chi connectivity index (χ1v) is 5.02. The summed E-state index contributed by atoms with van der Waals surface area (Å²) in [4.78, 5) is 23.2. The van der Waals surface area contributed by atoms with E-state index in [9.17, 15) is 9.59 Å². The molecule has 1 aromatic rings. The van der Waals surface area contributed by atoms with Gasteiger partial charge in [-0.25, -0.2) is 4.79 Å². The number of hydrogen-bond donors (Lipinski definition) is 0. The van der Waals surface area contributed by atoms with Gasteiger partial charge in [0.05, 0.1) is 7.11 Å². The maximum atomic E-state index is 11.9. The molecule has 0 spiro atoms. The van der Waals surface area contributed by atoms with Crippen LogP contribution in [0.3, 0.4) is 0 Å². The third-order valence-corrected chi connectivity index (χ3v) is 2.30. The summed E-state index contributed by atoms with van der Waals surface area (Å²) in [6.45, 7) is 1.61. The van der Waals surface area contributed by atoms with E-state index in [-0.39, 0.29) is 11.4 Å². The lowest BCUT2D eigenvalue weighted by atomic mass is 10.0. The van der Waals surface area contributed by atoms with Gasteiger partial charge in [0.15, 0.2) is 5.78 Å². The summed E-state index contributed by atoms with van der Waals surface area (Å²) in [5.74, 6) is -1.01. The monoisotopic (exact) mass is 238 g/mol. The van der Waals surface area contributed by atoms with Crippen LogP contribution in [0, 0.1) is 0 Å². The fourth-order valence-electron chi connectivity index (χ4n) is 1.21. The van der Waals surface area contributed by atoms with Crippen LogP contribution in [0.2, 0.25) is 5.02 Å². The van der Waals surface area contributed by atoms with Gasteiger partial charge in [0.1, 0.15) is 5.57 Å². The third kappa shape index (κ3) is 2.70. The molecular formula is C12H11ClO3. The molecule has 0 aliphatic rings. The Morgan fingerprint density at radius 2 is 1.81 bits per heavy atom. The number of Topliss-reactive ketones (excluding diaryl/α,β-unsaturated/α-hetero) is 1. The summed E-state index contributed by atoms with van der Waals surface area (Å²) in [6, 6.07) is 6.33. The van der Waals surface area contributed by atoms with Crippen molar-refractivity contribution in [3.63, 3.8) is 0 Å². The predicted molar refractivity (Wildman–Crippen MR) is 61.6 cm³/mol. The Kier molecular flexibility index (Phi) is 4.26. The average molecular weight is 239 g/mol. The highest BCUT2D eigenvalue weighted by atomic mass is 35.5. The van der Waals surface area contributed by atoms with Crippen LogP contribution in [0.5, 0.6) is 0 Å². The van der Waals surface area contributed by atoms with Crippen LogP contribution < -0.4 is 0 Å². The average Bonchev–Trinajstić information content (AvgIpc) is 2.30. The van der Waals surface area contributed by atoms with Crippen molar-refractivity contribution in [3.8, 4) is 0 Å². The minimum absolute atomic E-state index is 0.0184. The summed E-state index contributed by atoms with van der Waals surface area (Å²) >= 11 is 5.70. The van der Waals surface area contributed by atoms with Gasteiger partial charge in [-0.05, 0) is 31.2 Å². The van der Waals surface area contributed by atoms with Gasteiger partial charge in [-0.2, -0.15) is 0 Å². The second kappa shape index (κ2) is 5.47. The molecule has 0 fully saturated rings. The van der Waals surface area contributed by atoms with E-state index in [1.54, 1.807) is 31.2 Å². The summed E-state index contributed by atoms with van der Waals surface area (Å²) in [7, 11) is 1.24. The number of ether oxygens (including phenoxy) is 1. The van der Waals surface area contributed by atoms with Gasteiger partial charge in [0, 0.05) is 10.6 Å². The summed E-state index contributed by atoms with van der Waals surface area (Å²) in [6.07, 6.45) is 1.43. The van der Waals surface area contributed by atoms with Crippen molar-refractivity contribution in [1.29, 1.82) is 0 Å². The molecule has 4 heteroatoms. The van der Waals surface area contributed by atoms with E-state index in [0.717, 1.165) is 0 Å². The molecular weight excluding hydrogens is 228 g/mol. The quantitative estimate of drug-likeness (QED) is 0.267. The molecule has 0 bridgehead atoms. The Balaban J connectivity index is 3.01. The van der Waals surface area contributed by atoms with Crippen LogP contribution in [0.15, 0.2) is 35.9 Å². The Morgan fingerprint density at radius 3 is 2.25 bits per heavy atom. The third-order valence-electron chi connectivity index (χ3n) is 2.05. The van der Waals surface area contributed by atoms with E-state index in [1.807, 2.05) is 0 Å². The molecule has 1 rings (SSSR count). The van der Waals surface area contributed by atoms with Crippen LogP contribution >= 0.6 is 11.6 Å². The van der Waals surface area contributed by atoms with E-state index in [2.05, 4.69) is 4.74 Å². The van der Waals surface area contributed by atoms with Crippen LogP contribution in [-0.4, -0.2) is 18.9 Å². The highest BCUT2D eigenvalue weighted by molar-refractivity contribution is 6.31. The summed E-state index contributed by atoms with van der Waals surface area (Å²) < 4.78 is 4.52. The molecule has 0 amide bonds. The highest BCUT2D eigenvalue weighted by Crippen LogP contribution is 2.14. The highest BCUT2D eigenvalue weighted by Gasteiger charge is 2.19. The number of benzene rings is 1. The maximum absolute atomic E-state index is 11.9. The normalized spacial score (nSPS) is 11.1. The van der Waals surface area contributed by atoms with Gasteiger partial charge in [-0.3, -0.25) is 4.79 Å². The number of carbonyl (C=O) groups is 2. The minimum atomic E-state index is -0.637. The fourth-order valence-corrected chi connectivity index (χ4v) is 1.33. The van der Waals surface area contributed by atoms with Crippen LogP contribution in [0.4, 0.5) is 0 Å². The van der Waals surface area contributed by atoms with Crippen LogP contribution in [-0.2, 0) is 9.53 Å². The second-order valence-corrected chi connectivity index (χ2v) is 3.47. The maximum Gasteiger partial charge on any atom is 0.341 e. The largest absolute Gasteiger partial charge is 0.465 e. The number of allylic oxidation sites excluding steroid dienone is 1. The number of esters is 1. The van der Waals surface area contributed by atoms with Crippen LogP contribution in [0.1, 0.15) is 17.3 Å². The van der Waals surface area contributed by atoms with Gasteiger partial charge in [0.2, 0.25) is 0 Å². The molecule has 0 N–H and O–H groups in total. The topological polar surface area (TPSA) is 43.4 Å². The molecule has 0 heterocycles. The molecule has 0 atom stereocenters. The van der Waals surface area contributed by atoms with Crippen molar-refractivity contribution in [2.75, 3.05) is 7.11 Å². The Labute approximate surface area is 98.7 Å². The minimum Gasteiger partial charge on any atom is -0.465 e. The van der Waals surface area contributed by atoms with E-state index in [1.165, 1.54) is 13.2 Å². The lowest BCUT2D eigenvalue weighted by Crippen LogP contribution is -2.14. The molecule has 3 nitrogen and oxygen atoms in total. The molecule has 0 aliphatic heterocycles. The zero-order valence-corrected chi connectivity index (χ0v) is 9.75. The number of rotatable bonds is 3. The lowest BCUT2D eigenvalue weighted by molar-refractivity contribution is -0.135. The molecule has 84 valence electrons. The number of methoxy groups -OCH3 is 1. The van der Waals surface area contributed by atoms with Gasteiger partial charge in [0.25, 0.3) is 0 Å². The molecule has 0 aliphatic carbocycles. The van der Waals surface area contributed by atoms with Crippen molar-refractivity contribution in [3.05, 3.63) is 46.5 Å². The van der Waals surface area contributed by atoms with Crippen molar-refractivity contribution in [1.82, 2.24) is 0 Å². The predicted octanol–water partition coefficient (Wildman–Crippen LogP) is 2.64. The van der Waals surface area contributed by atoms with Gasteiger partial charge < -0.3 is 4.74 Å². The zero-order valence-electron chi connectivity index (χ0n) is 8.99. The summed E-state index contributed by atoms with van der Waals surface area (Å²) in [5.41, 5.74) is 0.424. The van der Waals surface area contributed by atoms with E-state index in [4.69, 9.17) is 11.6 Å². The Morgan fingerprint density at radius 1 is 1.25 bits per heavy atom. The van der Waals surface area contributed by atoms with Gasteiger partial charge >= 0.3 is 5.97 Å². The first kappa shape index (κ1) is 12.5. The number of carbonyl (C=O) groups excluding carboxylic acids is 2.